The molecular formula is C14H22N6O2. The molecule has 1 amide bonds. The van der Waals surface area contributed by atoms with Crippen LogP contribution in [0.3, 0.4) is 0 Å². The highest BCUT2D eigenvalue weighted by Gasteiger charge is 2.24. The second-order valence-electron chi connectivity index (χ2n) is 6.33. The third-order valence-electron chi connectivity index (χ3n) is 3.29. The van der Waals surface area contributed by atoms with Crippen LogP contribution in [0.5, 0.6) is 0 Å². The molecule has 2 rings (SSSR count). The number of anilines is 2. The average Bonchev–Trinajstić information content (AvgIpc) is 2.80. The third kappa shape index (κ3) is 3.89. The lowest BCUT2D eigenvalue weighted by Gasteiger charge is -2.32. The molecule has 1 saturated heterocycles. The molecule has 2 heterocycles. The lowest BCUT2D eigenvalue weighted by Crippen LogP contribution is -2.44. The van der Waals surface area contributed by atoms with Gasteiger partial charge in [0.15, 0.2) is 11.6 Å². The first-order valence-electron chi connectivity index (χ1n) is 7.22. The monoisotopic (exact) mass is 306 g/mol. The number of hydrogen-bond donors (Lipinski definition) is 2. The molecule has 22 heavy (non-hydrogen) atoms. The number of ether oxygens (including phenoxy) is 1. The van der Waals surface area contributed by atoms with Crippen molar-refractivity contribution in [3.63, 3.8) is 0 Å². The zero-order valence-corrected chi connectivity index (χ0v) is 13.4. The first-order valence-corrected chi connectivity index (χ1v) is 7.22. The Kier molecular flexibility index (Phi) is 4.56. The lowest BCUT2D eigenvalue weighted by molar-refractivity contribution is 0.0635. The Bertz CT molecular complexity index is 575. The van der Waals surface area contributed by atoms with E-state index < -0.39 is 11.7 Å². The van der Waals surface area contributed by atoms with Crippen molar-refractivity contribution in [2.45, 2.75) is 26.4 Å². The fraction of sp³-hybridized carbons (Fsp3) is 0.643. The molecule has 1 aliphatic rings. The highest BCUT2D eigenvalue weighted by atomic mass is 16.6. The Hall–Kier alpha value is -2.27. The molecular weight excluding hydrogens is 284 g/mol. The van der Waals surface area contributed by atoms with Crippen molar-refractivity contribution in [1.82, 2.24) is 15.1 Å². The van der Waals surface area contributed by atoms with Crippen LogP contribution in [-0.4, -0.2) is 60.0 Å². The quantitative estimate of drug-likeness (QED) is 0.856. The van der Waals surface area contributed by atoms with Crippen molar-refractivity contribution in [2.75, 3.05) is 43.4 Å². The minimum absolute atomic E-state index is 0.269. The average molecular weight is 306 g/mol. The number of amides is 1. The van der Waals surface area contributed by atoms with Crippen LogP contribution in [-0.2, 0) is 4.74 Å². The summed E-state index contributed by atoms with van der Waals surface area (Å²) >= 11 is 0. The predicted octanol–water partition coefficient (Wildman–Crippen LogP) is 1.38. The van der Waals surface area contributed by atoms with Crippen LogP contribution in [0.15, 0.2) is 0 Å². The topological polar surface area (TPSA) is 97.3 Å². The molecule has 0 aromatic carbocycles. The summed E-state index contributed by atoms with van der Waals surface area (Å²) in [5, 5.41) is 18.8. The van der Waals surface area contributed by atoms with E-state index in [0.29, 0.717) is 11.4 Å². The second-order valence-corrected chi connectivity index (χ2v) is 6.33. The number of hydrogen-bond acceptors (Lipinski definition) is 6. The number of aromatic amines is 1. The van der Waals surface area contributed by atoms with Gasteiger partial charge in [0.25, 0.3) is 0 Å². The Morgan fingerprint density at radius 2 is 2.00 bits per heavy atom. The minimum atomic E-state index is -0.613. The molecule has 0 spiro atoms. The first-order chi connectivity index (χ1) is 10.3. The normalized spacial score (nSPS) is 16.2. The molecule has 0 unspecified atom stereocenters. The number of aromatic nitrogens is 2. The van der Waals surface area contributed by atoms with E-state index in [2.05, 4.69) is 33.5 Å². The number of rotatable bonds is 2. The van der Waals surface area contributed by atoms with Crippen molar-refractivity contribution < 1.29 is 9.53 Å². The van der Waals surface area contributed by atoms with E-state index in [4.69, 9.17) is 4.74 Å². The maximum Gasteiger partial charge on any atom is 0.413 e. The van der Waals surface area contributed by atoms with Crippen LogP contribution in [0.4, 0.5) is 16.4 Å². The molecule has 0 bridgehead atoms. The van der Waals surface area contributed by atoms with Gasteiger partial charge in [-0.2, -0.15) is 10.4 Å². The summed E-state index contributed by atoms with van der Waals surface area (Å²) in [6, 6.07) is 2.10. The molecule has 0 radical (unpaired) electrons. The fourth-order valence-corrected chi connectivity index (χ4v) is 2.18. The number of carbonyl (C=O) groups excluding carboxylic acids is 1. The largest absolute Gasteiger partial charge is 0.444 e. The van der Waals surface area contributed by atoms with Crippen LogP contribution in [0.25, 0.3) is 0 Å². The Labute approximate surface area is 130 Å². The molecule has 2 N–H and O–H groups in total. The number of nitrogens with zero attached hydrogens (tertiary/aromatic N) is 4. The van der Waals surface area contributed by atoms with Gasteiger partial charge >= 0.3 is 6.09 Å². The van der Waals surface area contributed by atoms with Gasteiger partial charge in [0, 0.05) is 26.2 Å². The molecule has 0 atom stereocenters. The van der Waals surface area contributed by atoms with E-state index >= 15 is 0 Å². The minimum Gasteiger partial charge on any atom is -0.444 e. The smallest absolute Gasteiger partial charge is 0.413 e. The summed E-state index contributed by atoms with van der Waals surface area (Å²) < 4.78 is 5.18. The highest BCUT2D eigenvalue weighted by molar-refractivity contribution is 5.87. The van der Waals surface area contributed by atoms with Crippen molar-refractivity contribution in [2.24, 2.45) is 0 Å². The molecule has 120 valence electrons. The van der Waals surface area contributed by atoms with Crippen molar-refractivity contribution in [3.05, 3.63) is 5.56 Å². The number of piperazine rings is 1. The summed E-state index contributed by atoms with van der Waals surface area (Å²) in [7, 11) is 2.06. The zero-order valence-electron chi connectivity index (χ0n) is 13.4. The van der Waals surface area contributed by atoms with E-state index in [1.54, 1.807) is 20.8 Å². The molecule has 1 aromatic heterocycles. The summed E-state index contributed by atoms with van der Waals surface area (Å²) in [6.45, 7) is 8.74. The number of H-pyrrole nitrogens is 1. The van der Waals surface area contributed by atoms with Gasteiger partial charge in [-0.3, -0.25) is 10.4 Å². The van der Waals surface area contributed by atoms with Crippen LogP contribution >= 0.6 is 0 Å². The van der Waals surface area contributed by atoms with E-state index in [1.807, 2.05) is 4.90 Å². The highest BCUT2D eigenvalue weighted by Crippen LogP contribution is 2.25. The zero-order chi connectivity index (χ0) is 16.3. The van der Waals surface area contributed by atoms with E-state index in [1.165, 1.54) is 0 Å². The van der Waals surface area contributed by atoms with Gasteiger partial charge in [0.2, 0.25) is 0 Å². The molecule has 1 aliphatic heterocycles. The fourth-order valence-electron chi connectivity index (χ4n) is 2.18. The number of nitriles is 1. The summed E-state index contributed by atoms with van der Waals surface area (Å²) in [5.74, 6) is 0.840. The van der Waals surface area contributed by atoms with Crippen LogP contribution < -0.4 is 10.2 Å². The second kappa shape index (κ2) is 6.23. The maximum absolute atomic E-state index is 11.8. The van der Waals surface area contributed by atoms with Crippen molar-refractivity contribution in [3.8, 4) is 6.07 Å². The Morgan fingerprint density at radius 1 is 1.36 bits per heavy atom. The van der Waals surface area contributed by atoms with Gasteiger partial charge in [-0.1, -0.05) is 0 Å². The molecule has 1 aromatic rings. The van der Waals surface area contributed by atoms with Crippen molar-refractivity contribution >= 4 is 17.7 Å². The van der Waals surface area contributed by atoms with Gasteiger partial charge in [0.05, 0.1) is 0 Å². The van der Waals surface area contributed by atoms with Crippen molar-refractivity contribution in [1.29, 1.82) is 5.26 Å². The number of nitrogens with one attached hydrogen (secondary N) is 2. The van der Waals surface area contributed by atoms with Gasteiger partial charge in [-0.15, -0.1) is 0 Å². The first kappa shape index (κ1) is 16.1. The number of likely N-dealkylation sites (N-methyl/N-ethyl adjacent to an activating group) is 1. The predicted molar refractivity (Wildman–Crippen MR) is 82.9 cm³/mol. The SMILES string of the molecule is CN1CCN(c2n[nH]c(NC(=O)OC(C)(C)C)c2C#N)CC1. The van der Waals surface area contributed by atoms with E-state index in [-0.39, 0.29) is 5.82 Å². The molecule has 8 nitrogen and oxygen atoms in total. The van der Waals surface area contributed by atoms with Gasteiger partial charge in [-0.25, -0.2) is 4.79 Å². The summed E-state index contributed by atoms with van der Waals surface area (Å²) in [4.78, 5) is 16.1. The van der Waals surface area contributed by atoms with Gasteiger partial charge < -0.3 is 14.5 Å². The molecule has 0 saturated carbocycles. The molecule has 0 aliphatic carbocycles. The van der Waals surface area contributed by atoms with Crippen LogP contribution in [0, 0.1) is 11.3 Å². The van der Waals surface area contributed by atoms with Crippen LogP contribution in [0.1, 0.15) is 26.3 Å². The Morgan fingerprint density at radius 3 is 2.55 bits per heavy atom. The summed E-state index contributed by atoms with van der Waals surface area (Å²) in [6.07, 6.45) is -0.613. The Balaban J connectivity index is 2.11. The molecule has 8 heteroatoms. The maximum atomic E-state index is 11.8. The van der Waals surface area contributed by atoms with Crippen LogP contribution in [0.2, 0.25) is 0 Å². The van der Waals surface area contributed by atoms with E-state index in [9.17, 15) is 10.1 Å². The number of carbonyl (C=O) groups is 1. The lowest BCUT2D eigenvalue weighted by atomic mass is 10.2. The third-order valence-corrected chi connectivity index (χ3v) is 3.29. The van der Waals surface area contributed by atoms with Gasteiger partial charge in [0.1, 0.15) is 17.2 Å². The molecule has 1 fully saturated rings. The standard InChI is InChI=1S/C14H22N6O2/c1-14(2,3)22-13(21)16-11-10(9-15)12(18-17-11)20-7-5-19(4)6-8-20/h5-8H2,1-4H3,(H2,16,17,18,21). The van der Waals surface area contributed by atoms with E-state index in [0.717, 1.165) is 26.2 Å². The summed E-state index contributed by atoms with van der Waals surface area (Å²) in [5.41, 5.74) is -0.271. The van der Waals surface area contributed by atoms with Gasteiger partial charge in [-0.05, 0) is 27.8 Å².